The molecule has 1 saturated carbocycles. The Hall–Kier alpha value is -0.520. The van der Waals surface area contributed by atoms with Crippen LogP contribution in [0.15, 0.2) is 24.3 Å². The van der Waals surface area contributed by atoms with Crippen molar-refractivity contribution in [3.05, 3.63) is 24.3 Å². The summed E-state index contributed by atoms with van der Waals surface area (Å²) in [5.74, 6) is 1.89. The summed E-state index contributed by atoms with van der Waals surface area (Å²) in [6.45, 7) is 0. The predicted molar refractivity (Wildman–Crippen MR) is 53.0 cm³/mol. The molecule has 2 aliphatic rings. The molecule has 0 nitrogen and oxygen atoms in total. The number of hydrogen-bond acceptors (Lipinski definition) is 0. The van der Waals surface area contributed by atoms with Gasteiger partial charge in [0.15, 0.2) is 0 Å². The fraction of sp³-hybridized carbons (Fsp3) is 0.667. The smallest absolute Gasteiger partial charge is 0.0171 e. The fourth-order valence-electron chi connectivity index (χ4n) is 2.13. The summed E-state index contributed by atoms with van der Waals surface area (Å²) in [5, 5.41) is 0. The molecule has 0 saturated heterocycles. The molecule has 0 aromatic rings. The third kappa shape index (κ3) is 1.80. The molecule has 1 unspecified atom stereocenters. The van der Waals surface area contributed by atoms with E-state index in [1.165, 1.54) is 38.5 Å². The van der Waals surface area contributed by atoms with Crippen molar-refractivity contribution < 1.29 is 0 Å². The molecule has 0 spiro atoms. The second-order valence-corrected chi connectivity index (χ2v) is 4.07. The summed E-state index contributed by atoms with van der Waals surface area (Å²) >= 11 is 0. The fourth-order valence-corrected chi connectivity index (χ4v) is 2.13. The largest absolute Gasteiger partial charge is 0.0882 e. The number of allylic oxidation sites excluding steroid dienone is 4. The Labute approximate surface area is 75.4 Å². The minimum absolute atomic E-state index is 0.871. The highest BCUT2D eigenvalue weighted by Crippen LogP contribution is 2.36. The molecule has 0 heterocycles. The molecule has 1 atom stereocenters. The third-order valence-corrected chi connectivity index (χ3v) is 3.21. The Morgan fingerprint density at radius 3 is 2.50 bits per heavy atom. The van der Waals surface area contributed by atoms with Crippen LogP contribution in [0.1, 0.15) is 38.5 Å². The van der Waals surface area contributed by atoms with Crippen LogP contribution in [-0.2, 0) is 0 Å². The van der Waals surface area contributed by atoms with Crippen LogP contribution in [0.2, 0.25) is 0 Å². The van der Waals surface area contributed by atoms with Crippen LogP contribution in [0.3, 0.4) is 0 Å². The van der Waals surface area contributed by atoms with Gasteiger partial charge in [-0.1, -0.05) is 30.7 Å². The first kappa shape index (κ1) is 8.10. The maximum Gasteiger partial charge on any atom is -0.0171 e. The van der Waals surface area contributed by atoms with Gasteiger partial charge in [0.1, 0.15) is 0 Å². The molecule has 0 aromatic carbocycles. The van der Waals surface area contributed by atoms with Crippen LogP contribution in [0.4, 0.5) is 0 Å². The van der Waals surface area contributed by atoms with Gasteiger partial charge in [-0.05, 0) is 43.9 Å². The van der Waals surface area contributed by atoms with E-state index in [1.807, 2.05) is 0 Å². The average molecular weight is 162 g/mol. The van der Waals surface area contributed by atoms with Crippen LogP contribution >= 0.6 is 0 Å². The second-order valence-electron chi connectivity index (χ2n) is 4.07. The molecule has 0 bridgehead atoms. The van der Waals surface area contributed by atoms with Gasteiger partial charge in [-0.3, -0.25) is 0 Å². The Morgan fingerprint density at radius 2 is 1.75 bits per heavy atom. The van der Waals surface area contributed by atoms with E-state index in [1.54, 1.807) is 0 Å². The van der Waals surface area contributed by atoms with Crippen molar-refractivity contribution in [3.63, 3.8) is 0 Å². The normalized spacial score (nSPS) is 30.8. The van der Waals surface area contributed by atoms with E-state index in [2.05, 4.69) is 24.3 Å². The SMILES string of the molecule is C1=CCC(C2CCC2)C=CCC1. The van der Waals surface area contributed by atoms with Crippen molar-refractivity contribution in [3.8, 4) is 0 Å². The molecule has 1 fully saturated rings. The first-order chi connectivity index (χ1) is 5.97. The van der Waals surface area contributed by atoms with Crippen molar-refractivity contribution in [1.29, 1.82) is 0 Å². The molecule has 2 rings (SSSR count). The zero-order valence-corrected chi connectivity index (χ0v) is 7.71. The Morgan fingerprint density at radius 1 is 0.917 bits per heavy atom. The van der Waals surface area contributed by atoms with Crippen molar-refractivity contribution in [2.24, 2.45) is 11.8 Å². The Kier molecular flexibility index (Phi) is 2.65. The average Bonchev–Trinajstić information content (AvgIpc) is 1.90. The van der Waals surface area contributed by atoms with Gasteiger partial charge in [0.05, 0.1) is 0 Å². The van der Waals surface area contributed by atoms with Gasteiger partial charge >= 0.3 is 0 Å². The standard InChI is InChI=1S/C12H18/c1-2-4-7-11(8-5-3-1)12-9-6-10-12/h2,4-5,8,11-12H,1,3,6-7,9-10H2. The summed E-state index contributed by atoms with van der Waals surface area (Å²) in [7, 11) is 0. The zero-order valence-electron chi connectivity index (χ0n) is 7.71. The van der Waals surface area contributed by atoms with Crippen LogP contribution in [0, 0.1) is 11.8 Å². The minimum Gasteiger partial charge on any atom is -0.0882 e. The molecular weight excluding hydrogens is 144 g/mol. The van der Waals surface area contributed by atoms with Crippen LogP contribution < -0.4 is 0 Å². The molecule has 0 aromatic heterocycles. The lowest BCUT2D eigenvalue weighted by molar-refractivity contribution is 0.242. The summed E-state index contributed by atoms with van der Waals surface area (Å²) < 4.78 is 0. The van der Waals surface area contributed by atoms with E-state index in [9.17, 15) is 0 Å². The number of rotatable bonds is 1. The number of hydrogen-bond donors (Lipinski definition) is 0. The van der Waals surface area contributed by atoms with Crippen molar-refractivity contribution >= 4 is 0 Å². The van der Waals surface area contributed by atoms with Gasteiger partial charge in [0.25, 0.3) is 0 Å². The molecule has 66 valence electrons. The molecule has 0 radical (unpaired) electrons. The summed E-state index contributed by atoms with van der Waals surface area (Å²) in [5.41, 5.74) is 0. The van der Waals surface area contributed by atoms with Gasteiger partial charge < -0.3 is 0 Å². The zero-order chi connectivity index (χ0) is 8.23. The maximum absolute atomic E-state index is 2.47. The monoisotopic (exact) mass is 162 g/mol. The lowest BCUT2D eigenvalue weighted by Gasteiger charge is -2.31. The summed E-state index contributed by atoms with van der Waals surface area (Å²) in [6.07, 6.45) is 17.8. The quantitative estimate of drug-likeness (QED) is 0.516. The van der Waals surface area contributed by atoms with Crippen LogP contribution in [0.25, 0.3) is 0 Å². The lowest BCUT2D eigenvalue weighted by atomic mass is 9.74. The molecule has 12 heavy (non-hydrogen) atoms. The van der Waals surface area contributed by atoms with E-state index in [4.69, 9.17) is 0 Å². The van der Waals surface area contributed by atoms with Crippen LogP contribution in [-0.4, -0.2) is 0 Å². The van der Waals surface area contributed by atoms with E-state index in [-0.39, 0.29) is 0 Å². The van der Waals surface area contributed by atoms with Crippen molar-refractivity contribution in [2.45, 2.75) is 38.5 Å². The molecular formula is C12H18. The first-order valence-electron chi connectivity index (χ1n) is 5.28. The second kappa shape index (κ2) is 3.93. The lowest BCUT2D eigenvalue weighted by Crippen LogP contribution is -2.20. The van der Waals surface area contributed by atoms with Gasteiger partial charge in [-0.25, -0.2) is 0 Å². The third-order valence-electron chi connectivity index (χ3n) is 3.21. The van der Waals surface area contributed by atoms with Crippen LogP contribution in [0.5, 0.6) is 0 Å². The maximum atomic E-state index is 2.47. The minimum atomic E-state index is 0.871. The summed E-state index contributed by atoms with van der Waals surface area (Å²) in [4.78, 5) is 0. The molecule has 0 aliphatic heterocycles. The van der Waals surface area contributed by atoms with E-state index < -0.39 is 0 Å². The van der Waals surface area contributed by atoms with E-state index in [0.717, 1.165) is 11.8 Å². The van der Waals surface area contributed by atoms with Gasteiger partial charge in [0, 0.05) is 0 Å². The topological polar surface area (TPSA) is 0 Å². The molecule has 0 amide bonds. The Bertz CT molecular complexity index is 184. The molecule has 0 N–H and O–H groups in total. The van der Waals surface area contributed by atoms with Crippen molar-refractivity contribution in [1.82, 2.24) is 0 Å². The highest BCUT2D eigenvalue weighted by Gasteiger charge is 2.24. The molecule has 2 aliphatic carbocycles. The predicted octanol–water partition coefficient (Wildman–Crippen LogP) is 3.70. The summed E-state index contributed by atoms with van der Waals surface area (Å²) in [6, 6.07) is 0. The Balaban J connectivity index is 1.92. The van der Waals surface area contributed by atoms with Gasteiger partial charge in [-0.15, -0.1) is 0 Å². The first-order valence-corrected chi connectivity index (χ1v) is 5.28. The van der Waals surface area contributed by atoms with E-state index >= 15 is 0 Å². The highest BCUT2D eigenvalue weighted by atomic mass is 14.3. The van der Waals surface area contributed by atoms with Gasteiger partial charge in [-0.2, -0.15) is 0 Å². The van der Waals surface area contributed by atoms with Crippen molar-refractivity contribution in [2.75, 3.05) is 0 Å². The van der Waals surface area contributed by atoms with Gasteiger partial charge in [0.2, 0.25) is 0 Å². The highest BCUT2D eigenvalue weighted by molar-refractivity contribution is 5.01. The van der Waals surface area contributed by atoms with E-state index in [0.29, 0.717) is 0 Å². The molecule has 0 heteroatoms.